The number of nitrogens with zero attached hydrogens (tertiary/aromatic N) is 1. The molecule has 0 unspecified atom stereocenters. The fraction of sp³-hybridized carbons (Fsp3) is 0.286. The molecule has 2 rings (SSSR count). The Bertz CT molecular complexity index is 538. The predicted octanol–water partition coefficient (Wildman–Crippen LogP) is 3.22. The van der Waals surface area contributed by atoms with Gasteiger partial charge in [-0.25, -0.2) is 0 Å². The van der Waals surface area contributed by atoms with Crippen LogP contribution >= 0.6 is 0 Å². The van der Waals surface area contributed by atoms with E-state index < -0.39 is 0 Å². The Labute approximate surface area is 106 Å². The summed E-state index contributed by atoms with van der Waals surface area (Å²) in [5.74, 6) is 0.857. The normalized spacial score (nSPS) is 11.3. The van der Waals surface area contributed by atoms with E-state index in [1.807, 2.05) is 26.8 Å². The standard InChI is InChI=1S/C14H16N2O2/c1-14(2,3)12-5-4-11(18-12)13(17)16-10-6-8-15-9-7-10/h4-9H,1-3H3,(H,15,16,17). The van der Waals surface area contributed by atoms with E-state index in [-0.39, 0.29) is 11.3 Å². The second kappa shape index (κ2) is 4.64. The van der Waals surface area contributed by atoms with Crippen molar-refractivity contribution in [2.45, 2.75) is 26.2 Å². The van der Waals surface area contributed by atoms with Crippen molar-refractivity contribution in [1.82, 2.24) is 4.98 Å². The summed E-state index contributed by atoms with van der Waals surface area (Å²) in [6.45, 7) is 6.11. The van der Waals surface area contributed by atoms with Crippen LogP contribution in [0.3, 0.4) is 0 Å². The quantitative estimate of drug-likeness (QED) is 0.882. The van der Waals surface area contributed by atoms with Crippen LogP contribution in [-0.4, -0.2) is 10.9 Å². The first-order valence-corrected chi connectivity index (χ1v) is 5.78. The van der Waals surface area contributed by atoms with Crippen molar-refractivity contribution in [3.63, 3.8) is 0 Å². The fourth-order valence-corrected chi connectivity index (χ4v) is 1.49. The Kier molecular flexibility index (Phi) is 3.19. The molecule has 94 valence electrons. The lowest BCUT2D eigenvalue weighted by Crippen LogP contribution is -2.12. The average Bonchev–Trinajstić information content (AvgIpc) is 2.79. The van der Waals surface area contributed by atoms with Crippen molar-refractivity contribution in [2.75, 3.05) is 5.32 Å². The smallest absolute Gasteiger partial charge is 0.291 e. The van der Waals surface area contributed by atoms with E-state index in [2.05, 4.69) is 10.3 Å². The molecule has 2 aromatic heterocycles. The van der Waals surface area contributed by atoms with Crippen LogP contribution in [0.1, 0.15) is 37.1 Å². The molecule has 0 spiro atoms. The minimum absolute atomic E-state index is 0.102. The van der Waals surface area contributed by atoms with Crippen molar-refractivity contribution in [1.29, 1.82) is 0 Å². The third kappa shape index (κ3) is 2.77. The number of carbonyl (C=O) groups is 1. The number of carbonyl (C=O) groups excluding carboxylic acids is 1. The number of hydrogen-bond acceptors (Lipinski definition) is 3. The van der Waals surface area contributed by atoms with Crippen molar-refractivity contribution in [3.8, 4) is 0 Å². The van der Waals surface area contributed by atoms with Crippen LogP contribution in [0.5, 0.6) is 0 Å². The van der Waals surface area contributed by atoms with E-state index in [1.165, 1.54) is 0 Å². The Morgan fingerprint density at radius 1 is 1.17 bits per heavy atom. The predicted molar refractivity (Wildman–Crippen MR) is 69.6 cm³/mol. The van der Waals surface area contributed by atoms with Gasteiger partial charge in [-0.1, -0.05) is 20.8 Å². The zero-order valence-electron chi connectivity index (χ0n) is 10.7. The van der Waals surface area contributed by atoms with Crippen LogP contribution < -0.4 is 5.32 Å². The van der Waals surface area contributed by atoms with Gasteiger partial charge in [0.2, 0.25) is 0 Å². The van der Waals surface area contributed by atoms with E-state index in [0.29, 0.717) is 11.4 Å². The second-order valence-electron chi connectivity index (χ2n) is 5.10. The number of pyridine rings is 1. The molecule has 1 N–H and O–H groups in total. The number of nitrogens with one attached hydrogen (secondary N) is 1. The zero-order valence-corrected chi connectivity index (χ0v) is 10.7. The van der Waals surface area contributed by atoms with Gasteiger partial charge in [0.15, 0.2) is 5.76 Å². The molecular formula is C14H16N2O2. The van der Waals surface area contributed by atoms with E-state index in [4.69, 9.17) is 4.42 Å². The molecule has 0 aromatic carbocycles. The van der Waals surface area contributed by atoms with Crippen LogP contribution in [0, 0.1) is 0 Å². The van der Waals surface area contributed by atoms with Gasteiger partial charge in [-0.05, 0) is 24.3 Å². The van der Waals surface area contributed by atoms with Gasteiger partial charge in [-0.2, -0.15) is 0 Å². The molecule has 0 saturated carbocycles. The molecule has 0 aliphatic carbocycles. The fourth-order valence-electron chi connectivity index (χ4n) is 1.49. The van der Waals surface area contributed by atoms with Crippen molar-refractivity contribution in [2.24, 2.45) is 0 Å². The first-order chi connectivity index (χ1) is 8.47. The first-order valence-electron chi connectivity index (χ1n) is 5.78. The summed E-state index contributed by atoms with van der Waals surface area (Å²) in [5.41, 5.74) is 0.596. The van der Waals surface area contributed by atoms with Crippen molar-refractivity contribution < 1.29 is 9.21 Å². The highest BCUT2D eigenvalue weighted by Gasteiger charge is 2.20. The summed E-state index contributed by atoms with van der Waals surface area (Å²) >= 11 is 0. The topological polar surface area (TPSA) is 55.1 Å². The number of furan rings is 1. The van der Waals surface area contributed by atoms with Crippen molar-refractivity contribution >= 4 is 11.6 Å². The van der Waals surface area contributed by atoms with Gasteiger partial charge in [0.05, 0.1) is 0 Å². The Morgan fingerprint density at radius 2 is 1.83 bits per heavy atom. The molecule has 0 atom stereocenters. The van der Waals surface area contributed by atoms with Gasteiger partial charge in [-0.3, -0.25) is 9.78 Å². The van der Waals surface area contributed by atoms with Gasteiger partial charge in [-0.15, -0.1) is 0 Å². The van der Waals surface area contributed by atoms with Crippen LogP contribution in [0.2, 0.25) is 0 Å². The molecule has 4 heteroatoms. The largest absolute Gasteiger partial charge is 0.455 e. The van der Waals surface area contributed by atoms with E-state index in [1.54, 1.807) is 30.6 Å². The molecule has 18 heavy (non-hydrogen) atoms. The highest BCUT2D eigenvalue weighted by atomic mass is 16.4. The molecule has 0 aliphatic rings. The van der Waals surface area contributed by atoms with Crippen LogP contribution in [0.25, 0.3) is 0 Å². The first kappa shape index (κ1) is 12.4. The summed E-state index contributed by atoms with van der Waals surface area (Å²) in [6.07, 6.45) is 3.25. The second-order valence-corrected chi connectivity index (χ2v) is 5.10. The number of anilines is 1. The lowest BCUT2D eigenvalue weighted by Gasteiger charge is -2.14. The zero-order chi connectivity index (χ0) is 13.2. The third-order valence-electron chi connectivity index (χ3n) is 2.51. The monoisotopic (exact) mass is 244 g/mol. The summed E-state index contributed by atoms with van der Waals surface area (Å²) in [4.78, 5) is 15.8. The average molecular weight is 244 g/mol. The minimum Gasteiger partial charge on any atom is -0.455 e. The summed E-state index contributed by atoms with van der Waals surface area (Å²) < 4.78 is 5.55. The van der Waals surface area contributed by atoms with Gasteiger partial charge in [0.25, 0.3) is 5.91 Å². The maximum absolute atomic E-state index is 11.9. The van der Waals surface area contributed by atoms with Crippen LogP contribution in [0.15, 0.2) is 41.1 Å². The molecule has 0 aliphatic heterocycles. The number of amides is 1. The lowest BCUT2D eigenvalue weighted by molar-refractivity contribution is 0.0993. The van der Waals surface area contributed by atoms with Gasteiger partial charge in [0.1, 0.15) is 5.76 Å². The molecule has 0 radical (unpaired) electrons. The Morgan fingerprint density at radius 3 is 2.39 bits per heavy atom. The van der Waals surface area contributed by atoms with Gasteiger partial charge in [0, 0.05) is 23.5 Å². The van der Waals surface area contributed by atoms with E-state index in [9.17, 15) is 4.79 Å². The van der Waals surface area contributed by atoms with Crippen molar-refractivity contribution in [3.05, 3.63) is 48.2 Å². The van der Waals surface area contributed by atoms with Gasteiger partial charge >= 0.3 is 0 Å². The summed E-state index contributed by atoms with van der Waals surface area (Å²) in [5, 5.41) is 2.75. The van der Waals surface area contributed by atoms with Crippen LogP contribution in [0.4, 0.5) is 5.69 Å². The van der Waals surface area contributed by atoms with E-state index in [0.717, 1.165) is 5.76 Å². The molecule has 0 bridgehead atoms. The molecule has 4 nitrogen and oxygen atoms in total. The number of rotatable bonds is 2. The maximum Gasteiger partial charge on any atom is 0.291 e. The highest BCUT2D eigenvalue weighted by molar-refractivity contribution is 6.02. The third-order valence-corrected chi connectivity index (χ3v) is 2.51. The maximum atomic E-state index is 11.9. The molecular weight excluding hydrogens is 228 g/mol. The minimum atomic E-state index is -0.253. The van der Waals surface area contributed by atoms with Crippen LogP contribution in [-0.2, 0) is 5.41 Å². The molecule has 1 amide bonds. The molecule has 0 fully saturated rings. The van der Waals surface area contributed by atoms with E-state index >= 15 is 0 Å². The summed E-state index contributed by atoms with van der Waals surface area (Å²) in [7, 11) is 0. The number of aromatic nitrogens is 1. The highest BCUT2D eigenvalue weighted by Crippen LogP contribution is 2.24. The molecule has 2 heterocycles. The van der Waals surface area contributed by atoms with Gasteiger partial charge < -0.3 is 9.73 Å². The molecule has 0 saturated heterocycles. The summed E-state index contributed by atoms with van der Waals surface area (Å²) in [6, 6.07) is 6.98. The SMILES string of the molecule is CC(C)(C)c1ccc(C(=O)Nc2ccncc2)o1. The molecule has 2 aromatic rings. The Balaban J connectivity index is 2.13. The number of hydrogen-bond donors (Lipinski definition) is 1. The lowest BCUT2D eigenvalue weighted by atomic mass is 9.94. The Hall–Kier alpha value is -2.10.